The highest BCUT2D eigenvalue weighted by Gasteiger charge is 2.27. The Kier molecular flexibility index (Phi) is 4.99. The second-order valence-electron chi connectivity index (χ2n) is 6.96. The Hall–Kier alpha value is -2.59. The molecule has 0 saturated heterocycles. The minimum absolute atomic E-state index is 0.00843. The zero-order valence-electron chi connectivity index (χ0n) is 14.8. The predicted molar refractivity (Wildman–Crippen MR) is 106 cm³/mol. The van der Waals surface area contributed by atoms with E-state index in [1.807, 2.05) is 18.2 Å². The Balaban J connectivity index is 1.71. The van der Waals surface area contributed by atoms with Gasteiger partial charge in [-0.2, -0.15) is 0 Å². The monoisotopic (exact) mass is 381 g/mol. The molecule has 0 aliphatic heterocycles. The lowest BCUT2D eigenvalue weighted by atomic mass is 9.88. The summed E-state index contributed by atoms with van der Waals surface area (Å²) in [5.41, 5.74) is 1.50. The van der Waals surface area contributed by atoms with Crippen LogP contribution in [0.1, 0.15) is 48.2 Å². The molecule has 0 radical (unpaired) electrons. The van der Waals surface area contributed by atoms with E-state index in [0.717, 1.165) is 31.1 Å². The number of ketones is 1. The lowest BCUT2D eigenvalue weighted by molar-refractivity contribution is -0.120. The summed E-state index contributed by atoms with van der Waals surface area (Å²) in [6, 6.07) is 14.0. The third-order valence-electron chi connectivity index (χ3n) is 5.13. The van der Waals surface area contributed by atoms with Crippen LogP contribution < -0.4 is 5.32 Å². The largest absolute Gasteiger partial charge is 0.450 e. The molecule has 4 rings (SSSR count). The van der Waals surface area contributed by atoms with Crippen molar-refractivity contribution in [2.45, 2.75) is 32.1 Å². The number of anilines is 1. The highest BCUT2D eigenvalue weighted by Crippen LogP contribution is 2.34. The third kappa shape index (κ3) is 3.62. The Morgan fingerprint density at radius 2 is 1.67 bits per heavy atom. The van der Waals surface area contributed by atoms with Gasteiger partial charge >= 0.3 is 0 Å². The van der Waals surface area contributed by atoms with E-state index in [0.29, 0.717) is 21.9 Å². The highest BCUT2D eigenvalue weighted by molar-refractivity contribution is 6.30. The van der Waals surface area contributed by atoms with E-state index < -0.39 is 0 Å². The summed E-state index contributed by atoms with van der Waals surface area (Å²) in [7, 11) is 0. The molecule has 5 heteroatoms. The Morgan fingerprint density at radius 1 is 0.963 bits per heavy atom. The minimum atomic E-state index is -0.276. The molecule has 1 aliphatic rings. The number of amides is 1. The van der Waals surface area contributed by atoms with Gasteiger partial charge in [0.15, 0.2) is 5.76 Å². The van der Waals surface area contributed by atoms with Gasteiger partial charge in [-0.1, -0.05) is 43.0 Å². The van der Waals surface area contributed by atoms with Crippen LogP contribution >= 0.6 is 11.6 Å². The first kappa shape index (κ1) is 17.8. The second kappa shape index (κ2) is 7.57. The molecule has 0 spiro atoms. The highest BCUT2D eigenvalue weighted by atomic mass is 35.5. The molecule has 1 N–H and O–H groups in total. The zero-order valence-corrected chi connectivity index (χ0v) is 15.6. The quantitative estimate of drug-likeness (QED) is 0.578. The minimum Gasteiger partial charge on any atom is -0.450 e. The molecule has 0 atom stereocenters. The summed E-state index contributed by atoms with van der Waals surface area (Å²) >= 11 is 5.92. The summed E-state index contributed by atoms with van der Waals surface area (Å²) in [6.45, 7) is 0. The summed E-state index contributed by atoms with van der Waals surface area (Å²) in [4.78, 5) is 25.8. The maximum atomic E-state index is 13.0. The first-order chi connectivity index (χ1) is 13.1. The first-order valence-corrected chi connectivity index (χ1v) is 9.64. The number of carbonyl (C=O) groups excluding carboxylic acids is 2. The van der Waals surface area contributed by atoms with Crippen molar-refractivity contribution >= 4 is 39.9 Å². The van der Waals surface area contributed by atoms with E-state index in [4.69, 9.17) is 16.0 Å². The molecule has 27 heavy (non-hydrogen) atoms. The van der Waals surface area contributed by atoms with Crippen molar-refractivity contribution in [1.82, 2.24) is 0 Å². The summed E-state index contributed by atoms with van der Waals surface area (Å²) < 4.78 is 5.84. The van der Waals surface area contributed by atoms with Crippen LogP contribution in [0.3, 0.4) is 0 Å². The van der Waals surface area contributed by atoms with Crippen LogP contribution in [-0.4, -0.2) is 11.7 Å². The van der Waals surface area contributed by atoms with Gasteiger partial charge in [0.05, 0.1) is 5.69 Å². The van der Waals surface area contributed by atoms with Crippen molar-refractivity contribution in [3.63, 3.8) is 0 Å². The molecule has 0 bridgehead atoms. The van der Waals surface area contributed by atoms with Crippen LogP contribution in [0.4, 0.5) is 5.69 Å². The molecule has 3 aromatic rings. The van der Waals surface area contributed by atoms with Gasteiger partial charge in [-0.3, -0.25) is 9.59 Å². The van der Waals surface area contributed by atoms with Gasteiger partial charge in [-0.25, -0.2) is 0 Å². The van der Waals surface area contributed by atoms with Crippen molar-refractivity contribution in [3.8, 4) is 0 Å². The van der Waals surface area contributed by atoms with Crippen molar-refractivity contribution in [2.75, 3.05) is 5.32 Å². The van der Waals surface area contributed by atoms with Crippen molar-refractivity contribution < 1.29 is 14.0 Å². The van der Waals surface area contributed by atoms with E-state index in [-0.39, 0.29) is 23.4 Å². The van der Waals surface area contributed by atoms with E-state index in [1.54, 1.807) is 30.3 Å². The summed E-state index contributed by atoms with van der Waals surface area (Å²) in [5, 5.41) is 4.28. The Morgan fingerprint density at radius 3 is 2.41 bits per heavy atom. The van der Waals surface area contributed by atoms with E-state index in [2.05, 4.69) is 5.32 Å². The molecule has 1 aliphatic carbocycles. The zero-order chi connectivity index (χ0) is 18.8. The lowest BCUT2D eigenvalue weighted by Gasteiger charge is -2.20. The number of carbonyl (C=O) groups is 2. The molecule has 138 valence electrons. The fourth-order valence-electron chi connectivity index (χ4n) is 3.65. The molecular formula is C22H20ClNO3. The standard InChI is InChI=1S/C22H20ClNO3/c23-16-12-10-14(11-13-16)20(25)21-19(17-8-4-5-9-18(17)27-21)24-22(26)15-6-2-1-3-7-15/h4-5,8-13,15H,1-3,6-7H2,(H,24,26). The average molecular weight is 382 g/mol. The number of para-hydroxylation sites is 1. The van der Waals surface area contributed by atoms with Crippen LogP contribution in [0, 0.1) is 5.92 Å². The molecule has 1 heterocycles. The predicted octanol–water partition coefficient (Wildman–Crippen LogP) is 5.84. The fraction of sp³-hybridized carbons (Fsp3) is 0.273. The van der Waals surface area contributed by atoms with Crippen LogP contribution in [0.15, 0.2) is 52.9 Å². The molecular weight excluding hydrogens is 362 g/mol. The first-order valence-electron chi connectivity index (χ1n) is 9.26. The van der Waals surface area contributed by atoms with Crippen LogP contribution in [-0.2, 0) is 4.79 Å². The number of hydrogen-bond donors (Lipinski definition) is 1. The van der Waals surface area contributed by atoms with Gasteiger partial charge in [-0.05, 0) is 49.2 Å². The van der Waals surface area contributed by atoms with Crippen LogP contribution in [0.25, 0.3) is 11.0 Å². The lowest BCUT2D eigenvalue weighted by Crippen LogP contribution is -2.25. The van der Waals surface area contributed by atoms with Gasteiger partial charge < -0.3 is 9.73 Å². The number of furan rings is 1. The maximum Gasteiger partial charge on any atom is 0.230 e. The number of hydrogen-bond acceptors (Lipinski definition) is 3. The van der Waals surface area contributed by atoms with E-state index in [9.17, 15) is 9.59 Å². The van der Waals surface area contributed by atoms with Gasteiger partial charge in [0.1, 0.15) is 5.58 Å². The number of nitrogens with one attached hydrogen (secondary N) is 1. The Labute approximate surface area is 162 Å². The van der Waals surface area contributed by atoms with Gasteiger partial charge in [0.2, 0.25) is 11.7 Å². The fourth-order valence-corrected chi connectivity index (χ4v) is 3.78. The smallest absolute Gasteiger partial charge is 0.230 e. The molecule has 1 amide bonds. The molecule has 2 aromatic carbocycles. The number of benzene rings is 2. The third-order valence-corrected chi connectivity index (χ3v) is 5.38. The number of fused-ring (bicyclic) bond motifs is 1. The Bertz CT molecular complexity index is 984. The van der Waals surface area contributed by atoms with E-state index >= 15 is 0 Å². The van der Waals surface area contributed by atoms with Crippen LogP contribution in [0.2, 0.25) is 5.02 Å². The maximum absolute atomic E-state index is 13.0. The van der Waals surface area contributed by atoms with E-state index in [1.165, 1.54) is 6.42 Å². The molecule has 1 aromatic heterocycles. The molecule has 1 fully saturated rings. The van der Waals surface area contributed by atoms with Crippen molar-refractivity contribution in [1.29, 1.82) is 0 Å². The van der Waals surface area contributed by atoms with Crippen LogP contribution in [0.5, 0.6) is 0 Å². The summed E-state index contributed by atoms with van der Waals surface area (Å²) in [6.07, 6.45) is 5.10. The molecule has 4 nitrogen and oxygen atoms in total. The number of halogens is 1. The molecule has 1 saturated carbocycles. The van der Waals surface area contributed by atoms with Crippen molar-refractivity contribution in [2.24, 2.45) is 5.92 Å². The number of rotatable bonds is 4. The average Bonchev–Trinajstić information content (AvgIpc) is 3.07. The van der Waals surface area contributed by atoms with Gasteiger partial charge in [0, 0.05) is 21.9 Å². The topological polar surface area (TPSA) is 59.3 Å². The normalized spacial score (nSPS) is 15.0. The summed E-state index contributed by atoms with van der Waals surface area (Å²) in [5.74, 6) is -0.165. The van der Waals surface area contributed by atoms with Gasteiger partial charge in [-0.15, -0.1) is 0 Å². The van der Waals surface area contributed by atoms with Gasteiger partial charge in [0.25, 0.3) is 0 Å². The second-order valence-corrected chi connectivity index (χ2v) is 7.40. The van der Waals surface area contributed by atoms with Crippen molar-refractivity contribution in [3.05, 3.63) is 64.9 Å². The molecule has 0 unspecified atom stereocenters. The SMILES string of the molecule is O=C(c1ccc(Cl)cc1)c1oc2ccccc2c1NC(=O)C1CCCCC1.